The molecule has 2 aromatic rings. The molecule has 1 unspecified atom stereocenters. The molecule has 3 rings (SSSR count). The van der Waals surface area contributed by atoms with Crippen LogP contribution in [0.25, 0.3) is 0 Å². The first-order valence-corrected chi connectivity index (χ1v) is 6.30. The SMILES string of the molecule is Cc1noc(CNC(=O)C2CCc3nc[nH]c3C2)n1. The van der Waals surface area contributed by atoms with Gasteiger partial charge in [-0.25, -0.2) is 4.98 Å². The number of amides is 1. The molecule has 0 radical (unpaired) electrons. The molecule has 1 aliphatic rings. The number of nitrogens with zero attached hydrogens (tertiary/aromatic N) is 3. The predicted molar refractivity (Wildman–Crippen MR) is 65.0 cm³/mol. The molecule has 0 spiro atoms. The molecule has 0 aromatic carbocycles. The lowest BCUT2D eigenvalue weighted by Gasteiger charge is -2.20. The number of carbonyl (C=O) groups is 1. The summed E-state index contributed by atoms with van der Waals surface area (Å²) in [5, 5.41) is 6.51. The van der Waals surface area contributed by atoms with Crippen LogP contribution in [-0.2, 0) is 24.2 Å². The number of nitrogens with one attached hydrogen (secondary N) is 2. The summed E-state index contributed by atoms with van der Waals surface area (Å²) in [5.41, 5.74) is 2.15. The van der Waals surface area contributed by atoms with E-state index >= 15 is 0 Å². The van der Waals surface area contributed by atoms with Crippen LogP contribution in [0.1, 0.15) is 29.5 Å². The summed E-state index contributed by atoms with van der Waals surface area (Å²) in [6.07, 6.45) is 4.07. The van der Waals surface area contributed by atoms with Crippen molar-refractivity contribution in [3.05, 3.63) is 29.4 Å². The molecule has 1 atom stereocenters. The van der Waals surface area contributed by atoms with Gasteiger partial charge in [0.15, 0.2) is 5.82 Å². The molecule has 0 fully saturated rings. The monoisotopic (exact) mass is 261 g/mol. The second-order valence-electron chi connectivity index (χ2n) is 4.72. The Morgan fingerprint density at radius 1 is 1.63 bits per heavy atom. The van der Waals surface area contributed by atoms with E-state index in [4.69, 9.17) is 4.52 Å². The molecule has 0 bridgehead atoms. The summed E-state index contributed by atoms with van der Waals surface area (Å²) < 4.78 is 4.95. The van der Waals surface area contributed by atoms with Gasteiger partial charge in [0.25, 0.3) is 0 Å². The van der Waals surface area contributed by atoms with E-state index in [-0.39, 0.29) is 18.4 Å². The lowest BCUT2D eigenvalue weighted by atomic mass is 9.89. The molecule has 0 saturated carbocycles. The van der Waals surface area contributed by atoms with Gasteiger partial charge in [0.2, 0.25) is 11.8 Å². The van der Waals surface area contributed by atoms with Gasteiger partial charge in [-0.15, -0.1) is 0 Å². The maximum Gasteiger partial charge on any atom is 0.246 e. The zero-order chi connectivity index (χ0) is 13.2. The third kappa shape index (κ3) is 2.49. The minimum atomic E-state index is -0.0167. The van der Waals surface area contributed by atoms with Crippen LogP contribution in [0, 0.1) is 12.8 Å². The standard InChI is InChI=1S/C12H15N5O2/c1-7-16-11(19-17-7)5-13-12(18)8-2-3-9-10(4-8)15-6-14-9/h6,8H,2-5H2,1H3,(H,13,18)(H,14,15). The molecule has 100 valence electrons. The molecular weight excluding hydrogens is 246 g/mol. The topological polar surface area (TPSA) is 96.7 Å². The van der Waals surface area contributed by atoms with Crippen molar-refractivity contribution in [2.45, 2.75) is 32.7 Å². The number of fused-ring (bicyclic) bond motifs is 1. The summed E-state index contributed by atoms with van der Waals surface area (Å²) in [5.74, 6) is 1.01. The number of hydrogen-bond donors (Lipinski definition) is 2. The normalized spacial score (nSPS) is 18.1. The zero-order valence-corrected chi connectivity index (χ0v) is 10.6. The molecule has 1 aliphatic carbocycles. The highest BCUT2D eigenvalue weighted by Crippen LogP contribution is 2.22. The first kappa shape index (κ1) is 11.9. The Bertz CT molecular complexity index is 588. The lowest BCUT2D eigenvalue weighted by Crippen LogP contribution is -2.33. The third-order valence-electron chi connectivity index (χ3n) is 3.34. The molecular formula is C12H15N5O2. The van der Waals surface area contributed by atoms with Crippen molar-refractivity contribution in [2.24, 2.45) is 5.92 Å². The number of carbonyl (C=O) groups excluding carboxylic acids is 1. The maximum absolute atomic E-state index is 12.1. The number of aromatic amines is 1. The molecule has 0 aliphatic heterocycles. The summed E-state index contributed by atoms with van der Waals surface area (Å²) >= 11 is 0. The second kappa shape index (κ2) is 4.83. The Labute approximate surface area is 109 Å². The molecule has 7 heteroatoms. The molecule has 7 nitrogen and oxygen atoms in total. The van der Waals surface area contributed by atoms with Crippen molar-refractivity contribution in [1.29, 1.82) is 0 Å². The van der Waals surface area contributed by atoms with Gasteiger partial charge >= 0.3 is 0 Å². The van der Waals surface area contributed by atoms with Crippen molar-refractivity contribution in [1.82, 2.24) is 25.4 Å². The van der Waals surface area contributed by atoms with Gasteiger partial charge in [-0.1, -0.05) is 5.16 Å². The van der Waals surface area contributed by atoms with Crippen molar-refractivity contribution >= 4 is 5.91 Å². The van der Waals surface area contributed by atoms with E-state index < -0.39 is 0 Å². The van der Waals surface area contributed by atoms with E-state index in [1.807, 2.05) is 0 Å². The van der Waals surface area contributed by atoms with Crippen LogP contribution >= 0.6 is 0 Å². The largest absolute Gasteiger partial charge is 0.348 e. The van der Waals surface area contributed by atoms with Crippen LogP contribution in [-0.4, -0.2) is 26.0 Å². The van der Waals surface area contributed by atoms with Crippen LogP contribution in [0.4, 0.5) is 0 Å². The van der Waals surface area contributed by atoms with Gasteiger partial charge in [0.1, 0.15) is 0 Å². The zero-order valence-electron chi connectivity index (χ0n) is 10.6. The van der Waals surface area contributed by atoms with Crippen LogP contribution in [0.2, 0.25) is 0 Å². The molecule has 2 N–H and O–H groups in total. The van der Waals surface area contributed by atoms with Gasteiger partial charge in [0.05, 0.1) is 18.6 Å². The fourth-order valence-electron chi connectivity index (χ4n) is 2.34. The number of H-pyrrole nitrogens is 1. The van der Waals surface area contributed by atoms with Crippen molar-refractivity contribution in [3.8, 4) is 0 Å². The lowest BCUT2D eigenvalue weighted by molar-refractivity contribution is -0.125. The number of aromatic nitrogens is 4. The highest BCUT2D eigenvalue weighted by molar-refractivity contribution is 5.79. The number of aryl methyl sites for hydroxylation is 2. The van der Waals surface area contributed by atoms with E-state index in [9.17, 15) is 4.79 Å². The minimum absolute atomic E-state index is 0.0167. The van der Waals surface area contributed by atoms with Crippen LogP contribution in [0.5, 0.6) is 0 Å². The van der Waals surface area contributed by atoms with Gasteiger partial charge in [-0.3, -0.25) is 4.79 Å². The maximum atomic E-state index is 12.1. The Balaban J connectivity index is 1.57. The Morgan fingerprint density at radius 2 is 2.53 bits per heavy atom. The van der Waals surface area contributed by atoms with Crippen LogP contribution in [0.15, 0.2) is 10.9 Å². The van der Waals surface area contributed by atoms with Crippen molar-refractivity contribution in [3.63, 3.8) is 0 Å². The number of hydrogen-bond acceptors (Lipinski definition) is 5. The first-order chi connectivity index (χ1) is 9.22. The average Bonchev–Trinajstić information content (AvgIpc) is 3.03. The number of imidazole rings is 1. The van der Waals surface area contributed by atoms with E-state index in [0.29, 0.717) is 18.1 Å². The summed E-state index contributed by atoms with van der Waals surface area (Å²) in [7, 11) is 0. The number of rotatable bonds is 3. The summed E-state index contributed by atoms with van der Waals surface area (Å²) in [4.78, 5) is 23.4. The van der Waals surface area contributed by atoms with E-state index in [2.05, 4.69) is 25.4 Å². The summed E-state index contributed by atoms with van der Waals surface area (Å²) in [6.45, 7) is 2.03. The average molecular weight is 261 g/mol. The fraction of sp³-hybridized carbons (Fsp3) is 0.500. The third-order valence-corrected chi connectivity index (χ3v) is 3.34. The molecule has 19 heavy (non-hydrogen) atoms. The Morgan fingerprint density at radius 3 is 3.32 bits per heavy atom. The van der Waals surface area contributed by atoms with Gasteiger partial charge < -0.3 is 14.8 Å². The van der Waals surface area contributed by atoms with Gasteiger partial charge in [-0.05, 0) is 19.8 Å². The van der Waals surface area contributed by atoms with E-state index in [1.165, 1.54) is 0 Å². The molecule has 0 saturated heterocycles. The molecule has 2 aromatic heterocycles. The van der Waals surface area contributed by atoms with Gasteiger partial charge in [-0.2, -0.15) is 4.98 Å². The molecule has 1 amide bonds. The van der Waals surface area contributed by atoms with Gasteiger partial charge in [0, 0.05) is 18.0 Å². The van der Waals surface area contributed by atoms with Crippen molar-refractivity contribution < 1.29 is 9.32 Å². The first-order valence-electron chi connectivity index (χ1n) is 6.30. The summed E-state index contributed by atoms with van der Waals surface area (Å²) in [6, 6.07) is 0. The van der Waals surface area contributed by atoms with Crippen LogP contribution in [0.3, 0.4) is 0 Å². The second-order valence-corrected chi connectivity index (χ2v) is 4.72. The fourth-order valence-corrected chi connectivity index (χ4v) is 2.34. The quantitative estimate of drug-likeness (QED) is 0.839. The Hall–Kier alpha value is -2.18. The minimum Gasteiger partial charge on any atom is -0.348 e. The molecule has 2 heterocycles. The highest BCUT2D eigenvalue weighted by atomic mass is 16.5. The highest BCUT2D eigenvalue weighted by Gasteiger charge is 2.26. The van der Waals surface area contributed by atoms with E-state index in [1.54, 1.807) is 13.3 Å². The van der Waals surface area contributed by atoms with Crippen molar-refractivity contribution in [2.75, 3.05) is 0 Å². The van der Waals surface area contributed by atoms with E-state index in [0.717, 1.165) is 24.2 Å². The smallest absolute Gasteiger partial charge is 0.246 e. The predicted octanol–water partition coefficient (Wildman–Crippen LogP) is 0.522. The Kier molecular flexibility index (Phi) is 3.02. The van der Waals surface area contributed by atoms with Crippen LogP contribution < -0.4 is 5.32 Å².